The van der Waals surface area contributed by atoms with Crippen molar-refractivity contribution in [2.75, 3.05) is 39.8 Å². The first-order valence-electron chi connectivity index (χ1n) is 17.5. The molecule has 1 saturated heterocycles. The number of unbranched alkanes of at least 4 members (excludes halogenated alkanes) is 4. The number of ketones is 1. The summed E-state index contributed by atoms with van der Waals surface area (Å²) >= 11 is 0. The summed E-state index contributed by atoms with van der Waals surface area (Å²) in [6.45, 7) is 1.47. The summed E-state index contributed by atoms with van der Waals surface area (Å²) in [5, 5.41) is 13.1. The van der Waals surface area contributed by atoms with Gasteiger partial charge in [0.1, 0.15) is 18.2 Å². The van der Waals surface area contributed by atoms with Gasteiger partial charge >= 0.3 is 0 Å². The second-order valence-corrected chi connectivity index (χ2v) is 12.8. The molecule has 14 nitrogen and oxygen atoms in total. The first kappa shape index (κ1) is 38.7. The molecule has 0 spiro atoms. The average Bonchev–Trinajstić information content (AvgIpc) is 3.97. The van der Waals surface area contributed by atoms with E-state index in [-0.39, 0.29) is 37.6 Å². The molecule has 2 aliphatic rings. The Morgan fingerprint density at radius 2 is 1.57 bits per heavy atom. The van der Waals surface area contributed by atoms with E-state index in [2.05, 4.69) is 33.5 Å². The van der Waals surface area contributed by atoms with Crippen LogP contribution in [0.25, 0.3) is 11.1 Å². The molecule has 2 aliphatic heterocycles. The minimum atomic E-state index is -1.17. The second-order valence-electron chi connectivity index (χ2n) is 12.8. The van der Waals surface area contributed by atoms with E-state index in [1.165, 1.54) is 11.9 Å². The molecule has 2 heterocycles. The Hall–Kier alpha value is -5.11. The van der Waals surface area contributed by atoms with Crippen molar-refractivity contribution < 1.29 is 38.3 Å². The molecular weight excluding hydrogens is 656 g/mol. The Balaban J connectivity index is 1.41. The Morgan fingerprint density at radius 3 is 2.31 bits per heavy atom. The number of hydrogen-bond acceptors (Lipinski definition) is 8. The normalized spacial score (nSPS) is 18.3. The van der Waals surface area contributed by atoms with Crippen LogP contribution < -0.4 is 26.6 Å². The van der Waals surface area contributed by atoms with Crippen LogP contribution in [0.3, 0.4) is 0 Å². The molecule has 6 amide bonds. The zero-order chi connectivity index (χ0) is 36.8. The van der Waals surface area contributed by atoms with Gasteiger partial charge in [-0.25, -0.2) is 0 Å². The van der Waals surface area contributed by atoms with Gasteiger partial charge in [0.05, 0.1) is 26.2 Å². The topological polar surface area (TPSA) is 195 Å². The predicted octanol–water partition coefficient (Wildman–Crippen LogP) is 1.08. The highest BCUT2D eigenvalue weighted by molar-refractivity contribution is 5.95. The first-order valence-corrected chi connectivity index (χ1v) is 17.5. The number of Topliss-reactive ketones (excluding diaryl/α,β-unsaturated/α-hetero) is 1. The molecule has 14 heteroatoms. The van der Waals surface area contributed by atoms with E-state index in [0.29, 0.717) is 18.6 Å². The number of benzene rings is 2. The SMILES string of the molecule is CCCCCCCC(=O)NCCC(=O)NCC(=O)N(C)C1C(=O)NCC(=O)NC(C(=O)NCC(=O)C2CO2)Cc2cccc(c2)-c2cccc1c2. The lowest BCUT2D eigenvalue weighted by atomic mass is 9.95. The molecule has 0 aromatic heterocycles. The maximum absolute atomic E-state index is 13.6. The lowest BCUT2D eigenvalue weighted by Crippen LogP contribution is -2.52. The van der Waals surface area contributed by atoms with E-state index in [0.717, 1.165) is 48.8 Å². The average molecular weight is 705 g/mol. The van der Waals surface area contributed by atoms with Crippen molar-refractivity contribution in [2.45, 2.75) is 76.5 Å². The second kappa shape index (κ2) is 19.3. The molecule has 3 unspecified atom stereocenters. The minimum Gasteiger partial charge on any atom is -0.365 e. The van der Waals surface area contributed by atoms with Crippen LogP contribution in [0.1, 0.15) is 69.0 Å². The molecular formula is C37H48N6O8. The molecule has 2 aromatic carbocycles. The number of nitrogens with zero attached hydrogens (tertiary/aromatic N) is 1. The van der Waals surface area contributed by atoms with Crippen LogP contribution in [0.2, 0.25) is 0 Å². The number of hydrogen-bond donors (Lipinski definition) is 5. The quantitative estimate of drug-likeness (QED) is 0.126. The van der Waals surface area contributed by atoms with Crippen LogP contribution >= 0.6 is 0 Å². The highest BCUT2D eigenvalue weighted by atomic mass is 16.6. The van der Waals surface area contributed by atoms with E-state index in [4.69, 9.17) is 4.74 Å². The summed E-state index contributed by atoms with van der Waals surface area (Å²) in [6.07, 6.45) is 5.15. The fourth-order valence-corrected chi connectivity index (χ4v) is 5.74. The zero-order valence-corrected chi connectivity index (χ0v) is 29.3. The molecule has 0 radical (unpaired) electrons. The van der Waals surface area contributed by atoms with Gasteiger partial charge in [-0.1, -0.05) is 75.1 Å². The molecule has 51 heavy (non-hydrogen) atoms. The highest BCUT2D eigenvalue weighted by Crippen LogP contribution is 2.27. The molecule has 5 N–H and O–H groups in total. The number of amides is 6. The number of carbonyl (C=O) groups is 7. The maximum Gasteiger partial charge on any atom is 0.247 e. The number of likely N-dealkylation sites (N-methyl/N-ethyl adjacent to an activating group) is 1. The van der Waals surface area contributed by atoms with Gasteiger partial charge in [-0.05, 0) is 34.7 Å². The van der Waals surface area contributed by atoms with Crippen LogP contribution in [-0.4, -0.2) is 98.1 Å². The van der Waals surface area contributed by atoms with Gasteiger partial charge in [-0.3, -0.25) is 33.6 Å². The molecule has 2 aromatic rings. The molecule has 274 valence electrons. The van der Waals surface area contributed by atoms with Crippen molar-refractivity contribution >= 4 is 41.2 Å². The summed E-state index contributed by atoms with van der Waals surface area (Å²) in [5.41, 5.74) is 2.76. The molecule has 0 aliphatic carbocycles. The van der Waals surface area contributed by atoms with E-state index in [1.807, 2.05) is 30.3 Å². The van der Waals surface area contributed by atoms with Gasteiger partial charge in [-0.15, -0.1) is 0 Å². The predicted molar refractivity (Wildman–Crippen MR) is 188 cm³/mol. The number of carbonyl (C=O) groups excluding carboxylic acids is 7. The summed E-state index contributed by atoms with van der Waals surface area (Å²) in [4.78, 5) is 90.9. The van der Waals surface area contributed by atoms with Crippen molar-refractivity contribution in [1.29, 1.82) is 0 Å². The third kappa shape index (κ3) is 12.3. The Kier molecular flexibility index (Phi) is 14.7. The Bertz CT molecular complexity index is 1590. The maximum atomic E-state index is 13.6. The zero-order valence-electron chi connectivity index (χ0n) is 29.3. The third-order valence-electron chi connectivity index (χ3n) is 8.75. The third-order valence-corrected chi connectivity index (χ3v) is 8.75. The van der Waals surface area contributed by atoms with Crippen LogP contribution in [-0.2, 0) is 44.7 Å². The monoisotopic (exact) mass is 704 g/mol. The molecule has 0 saturated carbocycles. The number of epoxide rings is 1. The van der Waals surface area contributed by atoms with Crippen molar-refractivity contribution in [1.82, 2.24) is 31.5 Å². The van der Waals surface area contributed by atoms with Crippen LogP contribution in [0.4, 0.5) is 0 Å². The lowest BCUT2D eigenvalue weighted by molar-refractivity contribution is -0.140. The number of rotatable bonds is 16. The summed E-state index contributed by atoms with van der Waals surface area (Å²) < 4.78 is 4.97. The molecule has 4 rings (SSSR count). The van der Waals surface area contributed by atoms with E-state index in [1.54, 1.807) is 18.2 Å². The summed E-state index contributed by atoms with van der Waals surface area (Å²) in [6, 6.07) is 12.3. The number of ether oxygens (including phenoxy) is 1. The van der Waals surface area contributed by atoms with E-state index < -0.39 is 60.8 Å². The van der Waals surface area contributed by atoms with Crippen molar-refractivity contribution in [2.24, 2.45) is 0 Å². The van der Waals surface area contributed by atoms with Crippen molar-refractivity contribution in [3.8, 4) is 11.1 Å². The smallest absolute Gasteiger partial charge is 0.247 e. The highest BCUT2D eigenvalue weighted by Gasteiger charge is 2.33. The molecule has 4 bridgehead atoms. The Morgan fingerprint density at radius 1 is 0.863 bits per heavy atom. The Labute approximate surface area is 297 Å². The van der Waals surface area contributed by atoms with Crippen LogP contribution in [0, 0.1) is 0 Å². The van der Waals surface area contributed by atoms with Crippen molar-refractivity contribution in [3.05, 3.63) is 59.7 Å². The molecule has 1 fully saturated rings. The largest absolute Gasteiger partial charge is 0.365 e. The van der Waals surface area contributed by atoms with Crippen LogP contribution in [0.5, 0.6) is 0 Å². The minimum absolute atomic E-state index is 0.0109. The fourth-order valence-electron chi connectivity index (χ4n) is 5.74. The number of fused-ring (bicyclic) bond motifs is 5. The van der Waals surface area contributed by atoms with E-state index in [9.17, 15) is 33.6 Å². The first-order chi connectivity index (χ1) is 24.5. The standard InChI is InChI=1S/C37H48N6O8/c1-3-4-5-6-7-14-31(45)38-16-15-32(46)39-22-34(48)43(2)35-27-13-9-12-26(19-27)25-11-8-10-24(17-25)18-28(42-33(47)21-41-37(35)50)36(49)40-20-29(44)30-23-51-30/h8-13,17,19,28,30,35H,3-7,14-16,18,20-23H2,1-2H3,(H,38,45)(H,39,46)(H,40,49)(H,41,50)(H,42,47). The van der Waals surface area contributed by atoms with Crippen LogP contribution in [0.15, 0.2) is 48.5 Å². The summed E-state index contributed by atoms with van der Waals surface area (Å²) in [5.74, 6) is -3.23. The van der Waals surface area contributed by atoms with Gasteiger partial charge in [0.2, 0.25) is 35.4 Å². The van der Waals surface area contributed by atoms with Crippen molar-refractivity contribution in [3.63, 3.8) is 0 Å². The van der Waals surface area contributed by atoms with Gasteiger partial charge in [-0.2, -0.15) is 0 Å². The van der Waals surface area contributed by atoms with Gasteiger partial charge in [0.25, 0.3) is 0 Å². The molecule has 3 atom stereocenters. The fraction of sp³-hybridized carbons (Fsp3) is 0.486. The lowest BCUT2D eigenvalue weighted by Gasteiger charge is -2.28. The van der Waals surface area contributed by atoms with Gasteiger partial charge in [0, 0.05) is 32.9 Å². The van der Waals surface area contributed by atoms with Gasteiger partial charge < -0.3 is 36.2 Å². The van der Waals surface area contributed by atoms with Gasteiger partial charge in [0.15, 0.2) is 5.78 Å². The summed E-state index contributed by atoms with van der Waals surface area (Å²) in [7, 11) is 1.43. The van der Waals surface area contributed by atoms with E-state index >= 15 is 0 Å². The number of nitrogens with one attached hydrogen (secondary N) is 5.